The van der Waals surface area contributed by atoms with Gasteiger partial charge in [0.2, 0.25) is 0 Å². The Bertz CT molecular complexity index is 733. The topological polar surface area (TPSA) is 84.1 Å². The van der Waals surface area contributed by atoms with E-state index in [1.807, 2.05) is 0 Å². The molecule has 2 heterocycles. The molecule has 2 aromatic rings. The molecule has 2 aromatic heterocycles. The fourth-order valence-electron chi connectivity index (χ4n) is 1.70. The van der Waals surface area contributed by atoms with E-state index in [1.54, 1.807) is 6.92 Å². The molecule has 0 fully saturated rings. The van der Waals surface area contributed by atoms with Crippen molar-refractivity contribution in [2.75, 3.05) is 12.0 Å². The van der Waals surface area contributed by atoms with Crippen LogP contribution in [0.2, 0.25) is 5.15 Å². The van der Waals surface area contributed by atoms with Crippen LogP contribution in [0.15, 0.2) is 24.3 Å². The van der Waals surface area contributed by atoms with Crippen molar-refractivity contribution in [2.24, 2.45) is 5.84 Å². The second-order valence-corrected chi connectivity index (χ2v) is 5.55. The monoisotopic (exact) mass is 432 g/mol. The lowest BCUT2D eigenvalue weighted by Crippen LogP contribution is -2.12. The Morgan fingerprint density at radius 3 is 1.68 bits per heavy atom. The number of aliphatic hydroxyl groups excluding tert-OH is 1. The minimum Gasteiger partial charge on any atom is -0.397 e. The highest BCUT2D eigenvalue weighted by molar-refractivity contribution is 6.29. The number of hydrazine groups is 1. The molecule has 28 heavy (non-hydrogen) atoms. The van der Waals surface area contributed by atoms with Crippen LogP contribution in [0.1, 0.15) is 29.4 Å². The summed E-state index contributed by atoms with van der Waals surface area (Å²) in [4.78, 5) is 7.34. The first kappa shape index (κ1) is 25.9. The van der Waals surface area contributed by atoms with Crippen LogP contribution < -0.4 is 11.3 Å². The predicted molar refractivity (Wildman–Crippen MR) is 93.5 cm³/mol. The van der Waals surface area contributed by atoms with Crippen molar-refractivity contribution >= 4 is 17.4 Å². The second-order valence-electron chi connectivity index (χ2n) is 5.16. The summed E-state index contributed by atoms with van der Waals surface area (Å²) in [7, 11) is 0. The SMILES string of the molecule is CCO.Cc1cc(C(F)(F)F)cc(Cl)n1.Cc1cc(C(F)(F)F)cc(NN)n1. The van der Waals surface area contributed by atoms with Crippen LogP contribution in [-0.4, -0.2) is 21.7 Å². The third kappa shape index (κ3) is 9.72. The third-order valence-electron chi connectivity index (χ3n) is 2.68. The van der Waals surface area contributed by atoms with Gasteiger partial charge in [-0.15, -0.1) is 0 Å². The van der Waals surface area contributed by atoms with Crippen molar-refractivity contribution in [3.63, 3.8) is 0 Å². The number of hydrogen-bond acceptors (Lipinski definition) is 5. The van der Waals surface area contributed by atoms with Crippen LogP contribution in [0.25, 0.3) is 0 Å². The van der Waals surface area contributed by atoms with E-state index in [0.717, 1.165) is 24.3 Å². The van der Waals surface area contributed by atoms with Gasteiger partial charge in [0.05, 0.1) is 11.1 Å². The van der Waals surface area contributed by atoms with E-state index in [9.17, 15) is 26.3 Å². The summed E-state index contributed by atoms with van der Waals surface area (Å²) in [6.07, 6.45) is -8.71. The molecule has 5 nitrogen and oxygen atoms in total. The van der Waals surface area contributed by atoms with Gasteiger partial charge in [0, 0.05) is 18.0 Å². The lowest BCUT2D eigenvalue weighted by molar-refractivity contribution is -0.138. The summed E-state index contributed by atoms with van der Waals surface area (Å²) >= 11 is 5.35. The molecule has 0 aliphatic carbocycles. The molecule has 12 heteroatoms. The lowest BCUT2D eigenvalue weighted by Gasteiger charge is -2.08. The van der Waals surface area contributed by atoms with Gasteiger partial charge >= 0.3 is 12.4 Å². The summed E-state index contributed by atoms with van der Waals surface area (Å²) in [5, 5.41) is 7.43. The number of aryl methyl sites for hydroxylation is 2. The van der Waals surface area contributed by atoms with Gasteiger partial charge in [-0.05, 0) is 45.0 Å². The molecule has 0 atom stereocenters. The van der Waals surface area contributed by atoms with Crippen LogP contribution >= 0.6 is 11.6 Å². The summed E-state index contributed by atoms with van der Waals surface area (Å²) < 4.78 is 72.7. The van der Waals surface area contributed by atoms with Crippen molar-refractivity contribution in [3.8, 4) is 0 Å². The first-order valence-corrected chi connectivity index (χ1v) is 7.97. The fourth-order valence-corrected chi connectivity index (χ4v) is 1.95. The minimum atomic E-state index is -4.36. The lowest BCUT2D eigenvalue weighted by atomic mass is 10.2. The zero-order valence-corrected chi connectivity index (χ0v) is 15.8. The van der Waals surface area contributed by atoms with Crippen LogP contribution in [-0.2, 0) is 12.4 Å². The van der Waals surface area contributed by atoms with Crippen molar-refractivity contribution < 1.29 is 31.4 Å². The normalized spacial score (nSPS) is 11.0. The third-order valence-corrected chi connectivity index (χ3v) is 2.87. The van der Waals surface area contributed by atoms with Gasteiger partial charge in [-0.3, -0.25) is 0 Å². The van der Waals surface area contributed by atoms with Gasteiger partial charge < -0.3 is 10.5 Å². The van der Waals surface area contributed by atoms with Crippen LogP contribution in [0, 0.1) is 13.8 Å². The van der Waals surface area contributed by atoms with Crippen molar-refractivity contribution in [3.05, 3.63) is 51.9 Å². The summed E-state index contributed by atoms with van der Waals surface area (Å²) in [6.45, 7) is 4.86. The number of hydrogen-bond donors (Lipinski definition) is 3. The van der Waals surface area contributed by atoms with E-state index in [1.165, 1.54) is 13.8 Å². The van der Waals surface area contributed by atoms with Crippen LogP contribution in [0.3, 0.4) is 0 Å². The highest BCUT2D eigenvalue weighted by Crippen LogP contribution is 2.31. The number of rotatable bonds is 1. The standard InChI is InChI=1S/C7H5ClF3N.C7H8F3N3.C2H6O/c1-4-2-5(7(9,10)11)3-6(8)12-4;1-4-2-5(7(8,9)10)3-6(12-4)13-11;1-2-3/h2-3H,1H3;2-3H,11H2,1H3,(H,12,13);3H,2H2,1H3. The van der Waals surface area contributed by atoms with E-state index < -0.39 is 23.5 Å². The van der Waals surface area contributed by atoms with Gasteiger partial charge in [-0.1, -0.05) is 11.6 Å². The highest BCUT2D eigenvalue weighted by atomic mass is 35.5. The molecule has 0 aliphatic heterocycles. The molecule has 2 rings (SSSR count). The van der Waals surface area contributed by atoms with E-state index in [0.29, 0.717) is 0 Å². The van der Waals surface area contributed by atoms with Gasteiger partial charge in [-0.25, -0.2) is 15.8 Å². The molecule has 0 bridgehead atoms. The first-order chi connectivity index (χ1) is 12.7. The zero-order chi connectivity index (χ0) is 22.1. The Labute approximate surface area is 162 Å². The summed E-state index contributed by atoms with van der Waals surface area (Å²) in [6, 6.07) is 3.56. The molecule has 0 aliphatic rings. The maximum absolute atomic E-state index is 12.2. The number of nitrogens with zero attached hydrogens (tertiary/aromatic N) is 2. The average molecular weight is 433 g/mol. The van der Waals surface area contributed by atoms with Gasteiger partial charge in [0.1, 0.15) is 11.0 Å². The predicted octanol–water partition coefficient (Wildman–Crippen LogP) is 4.76. The first-order valence-electron chi connectivity index (χ1n) is 7.59. The van der Waals surface area contributed by atoms with E-state index >= 15 is 0 Å². The number of halogens is 7. The fraction of sp³-hybridized carbons (Fsp3) is 0.375. The van der Waals surface area contributed by atoms with E-state index in [2.05, 4.69) is 15.4 Å². The Morgan fingerprint density at radius 1 is 0.929 bits per heavy atom. The van der Waals surface area contributed by atoms with Gasteiger partial charge in [0.15, 0.2) is 0 Å². The summed E-state index contributed by atoms with van der Waals surface area (Å²) in [5.41, 5.74) is 1.07. The highest BCUT2D eigenvalue weighted by Gasteiger charge is 2.31. The Balaban J connectivity index is 0.000000458. The van der Waals surface area contributed by atoms with Gasteiger partial charge in [-0.2, -0.15) is 26.3 Å². The van der Waals surface area contributed by atoms with Gasteiger partial charge in [0.25, 0.3) is 0 Å². The molecular weight excluding hydrogens is 414 g/mol. The maximum Gasteiger partial charge on any atom is 0.416 e. The number of nitrogens with two attached hydrogens (primary N) is 1. The quantitative estimate of drug-likeness (QED) is 0.262. The smallest absolute Gasteiger partial charge is 0.397 e. The molecule has 158 valence electrons. The van der Waals surface area contributed by atoms with E-state index in [-0.39, 0.29) is 29.0 Å². The number of nitrogens with one attached hydrogen (secondary N) is 1. The molecule has 0 spiro atoms. The number of pyridine rings is 2. The average Bonchev–Trinajstić information content (AvgIpc) is 2.53. The minimum absolute atomic E-state index is 0.00678. The maximum atomic E-state index is 12.2. The number of nitrogen functional groups attached to an aromatic ring is 1. The number of aliphatic hydroxyl groups is 1. The number of anilines is 1. The molecular formula is C16H19ClF6N4O. The second kappa shape index (κ2) is 11.0. The Hall–Kier alpha value is -2.11. The van der Waals surface area contributed by atoms with Crippen LogP contribution in [0.4, 0.5) is 32.2 Å². The molecule has 0 amide bonds. The zero-order valence-electron chi connectivity index (χ0n) is 15.1. The Kier molecular flexibility index (Phi) is 10.2. The van der Waals surface area contributed by atoms with Crippen molar-refractivity contribution in [1.29, 1.82) is 0 Å². The molecule has 0 unspecified atom stereocenters. The molecule has 0 saturated heterocycles. The Morgan fingerprint density at radius 2 is 1.32 bits per heavy atom. The molecule has 0 aromatic carbocycles. The number of alkyl halides is 6. The largest absolute Gasteiger partial charge is 0.416 e. The molecule has 0 saturated carbocycles. The van der Waals surface area contributed by atoms with E-state index in [4.69, 9.17) is 22.6 Å². The van der Waals surface area contributed by atoms with Crippen LogP contribution in [0.5, 0.6) is 0 Å². The molecule has 0 radical (unpaired) electrons. The molecule has 4 N–H and O–H groups in total. The summed E-state index contributed by atoms with van der Waals surface area (Å²) in [5.74, 6) is 4.96. The van der Waals surface area contributed by atoms with Crippen molar-refractivity contribution in [2.45, 2.75) is 33.1 Å². The number of aromatic nitrogens is 2. The van der Waals surface area contributed by atoms with Crippen molar-refractivity contribution in [1.82, 2.24) is 9.97 Å².